The standard InChI is InChI=1S/C13H28O3/c1-7-8-14-9-11(2)15-10-12(3)16-13(4,5)6/h11-12H,7-10H2,1-6H3. The molecule has 2 unspecified atom stereocenters. The second kappa shape index (κ2) is 8.04. The molecule has 0 fully saturated rings. The Hall–Kier alpha value is -0.120. The third kappa shape index (κ3) is 10.4. The summed E-state index contributed by atoms with van der Waals surface area (Å²) in [5.74, 6) is 0. The van der Waals surface area contributed by atoms with Crippen LogP contribution in [0.15, 0.2) is 0 Å². The molecule has 0 heterocycles. The molecule has 0 aliphatic rings. The van der Waals surface area contributed by atoms with Crippen molar-refractivity contribution >= 4 is 0 Å². The fourth-order valence-electron chi connectivity index (χ4n) is 1.38. The maximum Gasteiger partial charge on any atom is 0.0787 e. The minimum Gasteiger partial charge on any atom is -0.379 e. The summed E-state index contributed by atoms with van der Waals surface area (Å²) in [5, 5.41) is 0. The van der Waals surface area contributed by atoms with Crippen LogP contribution in [-0.2, 0) is 14.2 Å². The van der Waals surface area contributed by atoms with Gasteiger partial charge in [0.05, 0.1) is 31.0 Å². The zero-order valence-electron chi connectivity index (χ0n) is 11.7. The second-order valence-corrected chi connectivity index (χ2v) is 5.26. The summed E-state index contributed by atoms with van der Waals surface area (Å²) in [6.07, 6.45) is 1.31. The largest absolute Gasteiger partial charge is 0.379 e. The van der Waals surface area contributed by atoms with E-state index < -0.39 is 0 Å². The van der Waals surface area contributed by atoms with Gasteiger partial charge < -0.3 is 14.2 Å². The summed E-state index contributed by atoms with van der Waals surface area (Å²) in [7, 11) is 0. The lowest BCUT2D eigenvalue weighted by Gasteiger charge is -2.26. The fourth-order valence-corrected chi connectivity index (χ4v) is 1.38. The molecule has 0 amide bonds. The number of hydrogen-bond acceptors (Lipinski definition) is 3. The van der Waals surface area contributed by atoms with Gasteiger partial charge in [-0.15, -0.1) is 0 Å². The summed E-state index contributed by atoms with van der Waals surface area (Å²) in [6, 6.07) is 0. The maximum absolute atomic E-state index is 5.75. The van der Waals surface area contributed by atoms with Gasteiger partial charge in [-0.2, -0.15) is 0 Å². The van der Waals surface area contributed by atoms with Gasteiger partial charge in [0.25, 0.3) is 0 Å². The van der Waals surface area contributed by atoms with Crippen LogP contribution in [0.4, 0.5) is 0 Å². The molecule has 0 spiro atoms. The van der Waals surface area contributed by atoms with E-state index in [4.69, 9.17) is 14.2 Å². The van der Waals surface area contributed by atoms with Gasteiger partial charge >= 0.3 is 0 Å². The molecular formula is C13H28O3. The second-order valence-electron chi connectivity index (χ2n) is 5.26. The minimum atomic E-state index is -0.106. The number of rotatable bonds is 8. The van der Waals surface area contributed by atoms with Crippen LogP contribution in [0.5, 0.6) is 0 Å². The number of ether oxygens (including phenoxy) is 3. The van der Waals surface area contributed by atoms with Crippen LogP contribution in [-0.4, -0.2) is 37.6 Å². The lowest BCUT2D eigenvalue weighted by molar-refractivity contribution is -0.104. The van der Waals surface area contributed by atoms with E-state index in [9.17, 15) is 0 Å². The quantitative estimate of drug-likeness (QED) is 0.602. The molecule has 98 valence electrons. The monoisotopic (exact) mass is 232 g/mol. The van der Waals surface area contributed by atoms with Gasteiger partial charge in [0, 0.05) is 6.61 Å². The van der Waals surface area contributed by atoms with Crippen LogP contribution >= 0.6 is 0 Å². The van der Waals surface area contributed by atoms with Gasteiger partial charge in [0.15, 0.2) is 0 Å². The van der Waals surface area contributed by atoms with Gasteiger partial charge in [-0.05, 0) is 41.0 Å². The van der Waals surface area contributed by atoms with Gasteiger partial charge in [-0.1, -0.05) is 6.92 Å². The molecule has 3 heteroatoms. The van der Waals surface area contributed by atoms with Gasteiger partial charge in [-0.25, -0.2) is 0 Å². The van der Waals surface area contributed by atoms with E-state index in [1.807, 2.05) is 13.8 Å². The molecule has 0 aliphatic heterocycles. The average molecular weight is 232 g/mol. The van der Waals surface area contributed by atoms with E-state index in [1.165, 1.54) is 0 Å². The molecule has 0 N–H and O–H groups in total. The highest BCUT2D eigenvalue weighted by Crippen LogP contribution is 2.11. The molecule has 0 aromatic carbocycles. The SMILES string of the molecule is CCCOCC(C)OCC(C)OC(C)(C)C. The molecule has 0 aliphatic carbocycles. The van der Waals surface area contributed by atoms with Crippen molar-refractivity contribution in [3.8, 4) is 0 Å². The average Bonchev–Trinajstić information content (AvgIpc) is 2.12. The van der Waals surface area contributed by atoms with Crippen molar-refractivity contribution in [1.29, 1.82) is 0 Å². The summed E-state index contributed by atoms with van der Waals surface area (Å²) in [5.41, 5.74) is -0.106. The Morgan fingerprint density at radius 2 is 1.62 bits per heavy atom. The molecule has 0 aromatic heterocycles. The smallest absolute Gasteiger partial charge is 0.0787 e. The maximum atomic E-state index is 5.75. The summed E-state index contributed by atoms with van der Waals surface area (Å²) in [6.45, 7) is 14.4. The third-order valence-corrected chi connectivity index (χ3v) is 1.87. The van der Waals surface area contributed by atoms with E-state index in [0.717, 1.165) is 13.0 Å². The highest BCUT2D eigenvalue weighted by Gasteiger charge is 2.16. The van der Waals surface area contributed by atoms with Crippen LogP contribution in [0.2, 0.25) is 0 Å². The zero-order chi connectivity index (χ0) is 12.6. The fraction of sp³-hybridized carbons (Fsp3) is 1.00. The Bertz CT molecular complexity index is 163. The molecule has 0 rings (SSSR count). The van der Waals surface area contributed by atoms with E-state index in [1.54, 1.807) is 0 Å². The van der Waals surface area contributed by atoms with E-state index >= 15 is 0 Å². The normalized spacial score (nSPS) is 16.1. The van der Waals surface area contributed by atoms with Crippen molar-refractivity contribution in [2.24, 2.45) is 0 Å². The van der Waals surface area contributed by atoms with E-state index in [0.29, 0.717) is 13.2 Å². The molecule has 2 atom stereocenters. The van der Waals surface area contributed by atoms with Gasteiger partial charge in [-0.3, -0.25) is 0 Å². The Kier molecular flexibility index (Phi) is 7.98. The summed E-state index contributed by atoms with van der Waals surface area (Å²) < 4.78 is 16.8. The molecule has 0 saturated carbocycles. The first kappa shape index (κ1) is 15.9. The Morgan fingerprint density at radius 3 is 2.12 bits per heavy atom. The van der Waals surface area contributed by atoms with Gasteiger partial charge in [0.1, 0.15) is 0 Å². The predicted octanol–water partition coefficient (Wildman–Crippen LogP) is 3.02. The van der Waals surface area contributed by atoms with Crippen LogP contribution in [0.25, 0.3) is 0 Å². The Balaban J connectivity index is 3.55. The Labute approximate surface area is 100 Å². The molecule has 3 nitrogen and oxygen atoms in total. The molecule has 0 bridgehead atoms. The predicted molar refractivity (Wildman–Crippen MR) is 66.8 cm³/mol. The Morgan fingerprint density at radius 1 is 1.00 bits per heavy atom. The zero-order valence-corrected chi connectivity index (χ0v) is 11.7. The van der Waals surface area contributed by atoms with Crippen molar-refractivity contribution < 1.29 is 14.2 Å². The topological polar surface area (TPSA) is 27.7 Å². The first-order valence-corrected chi connectivity index (χ1v) is 6.22. The third-order valence-electron chi connectivity index (χ3n) is 1.87. The first-order chi connectivity index (χ1) is 7.35. The van der Waals surface area contributed by atoms with Crippen molar-refractivity contribution in [2.45, 2.75) is 65.8 Å². The van der Waals surface area contributed by atoms with Crippen LogP contribution in [0.3, 0.4) is 0 Å². The van der Waals surface area contributed by atoms with Crippen LogP contribution < -0.4 is 0 Å². The van der Waals surface area contributed by atoms with Crippen molar-refractivity contribution in [1.82, 2.24) is 0 Å². The lowest BCUT2D eigenvalue weighted by atomic mass is 10.2. The summed E-state index contributed by atoms with van der Waals surface area (Å²) >= 11 is 0. The molecule has 0 radical (unpaired) electrons. The van der Waals surface area contributed by atoms with E-state index in [-0.39, 0.29) is 17.8 Å². The molecule has 0 aromatic rings. The van der Waals surface area contributed by atoms with Crippen LogP contribution in [0, 0.1) is 0 Å². The van der Waals surface area contributed by atoms with Crippen molar-refractivity contribution in [3.05, 3.63) is 0 Å². The minimum absolute atomic E-state index is 0.106. The highest BCUT2D eigenvalue weighted by atomic mass is 16.6. The van der Waals surface area contributed by atoms with Gasteiger partial charge in [0.2, 0.25) is 0 Å². The molecule has 16 heavy (non-hydrogen) atoms. The molecule has 0 saturated heterocycles. The first-order valence-electron chi connectivity index (χ1n) is 6.22. The van der Waals surface area contributed by atoms with Crippen molar-refractivity contribution in [3.63, 3.8) is 0 Å². The summed E-state index contributed by atoms with van der Waals surface area (Å²) in [4.78, 5) is 0. The van der Waals surface area contributed by atoms with Crippen LogP contribution in [0.1, 0.15) is 48.0 Å². The van der Waals surface area contributed by atoms with Crippen molar-refractivity contribution in [2.75, 3.05) is 19.8 Å². The number of hydrogen-bond donors (Lipinski definition) is 0. The lowest BCUT2D eigenvalue weighted by Crippen LogP contribution is -2.30. The highest BCUT2D eigenvalue weighted by molar-refractivity contribution is 4.63. The van der Waals surface area contributed by atoms with E-state index in [2.05, 4.69) is 27.7 Å². The molecular weight excluding hydrogens is 204 g/mol.